The SMILES string of the molecule is CCCCCCC(CCCC)COC(=O)CCCCCCCCC(CCCCCCCCC(=O)OCC(CCCC)CCCCCCCC=O)NCCCCO. The molecule has 2 N–H and O–H groups in total. The number of ether oxygens (including phenoxy) is 2. The van der Waals surface area contributed by atoms with Crippen molar-refractivity contribution in [1.82, 2.24) is 5.32 Å². The van der Waals surface area contributed by atoms with Gasteiger partial charge in [0, 0.05) is 31.9 Å². The minimum absolute atomic E-state index is 0.000698. The summed E-state index contributed by atoms with van der Waals surface area (Å²) in [6.45, 7) is 9.16. The van der Waals surface area contributed by atoms with E-state index in [2.05, 4.69) is 26.1 Å². The lowest BCUT2D eigenvalue weighted by atomic mass is 9.96. The first-order chi connectivity index (χ1) is 27.5. The Morgan fingerprint density at radius 3 is 1.32 bits per heavy atom. The maximum Gasteiger partial charge on any atom is 0.305 e. The molecule has 56 heavy (non-hydrogen) atoms. The molecule has 3 atom stereocenters. The van der Waals surface area contributed by atoms with Crippen molar-refractivity contribution < 1.29 is 29.0 Å². The van der Waals surface area contributed by atoms with Gasteiger partial charge in [-0.05, 0) is 89.0 Å². The van der Waals surface area contributed by atoms with E-state index in [1.807, 2.05) is 0 Å². The number of aliphatic hydroxyl groups excluding tert-OH is 1. The van der Waals surface area contributed by atoms with Crippen LogP contribution in [0.3, 0.4) is 0 Å². The van der Waals surface area contributed by atoms with E-state index in [1.54, 1.807) is 0 Å². The molecule has 332 valence electrons. The fourth-order valence-corrected chi connectivity index (χ4v) is 7.85. The van der Waals surface area contributed by atoms with Crippen LogP contribution in [0.1, 0.15) is 252 Å². The molecule has 0 aromatic carbocycles. The normalized spacial score (nSPS) is 13.1. The van der Waals surface area contributed by atoms with E-state index in [0.29, 0.717) is 50.4 Å². The Hall–Kier alpha value is -1.47. The maximum absolute atomic E-state index is 12.4. The van der Waals surface area contributed by atoms with E-state index in [9.17, 15) is 19.5 Å². The van der Waals surface area contributed by atoms with Gasteiger partial charge in [0.1, 0.15) is 6.29 Å². The van der Waals surface area contributed by atoms with Crippen molar-refractivity contribution in [3.63, 3.8) is 0 Å². The zero-order valence-corrected chi connectivity index (χ0v) is 37.6. The Bertz CT molecular complexity index is 837. The number of nitrogens with one attached hydrogen (secondary N) is 1. The summed E-state index contributed by atoms with van der Waals surface area (Å²) in [6, 6.07) is 0.556. The highest BCUT2D eigenvalue weighted by Crippen LogP contribution is 2.21. The average Bonchev–Trinajstić information content (AvgIpc) is 3.20. The van der Waals surface area contributed by atoms with Crippen molar-refractivity contribution >= 4 is 18.2 Å². The van der Waals surface area contributed by atoms with Crippen molar-refractivity contribution in [1.29, 1.82) is 0 Å². The lowest BCUT2D eigenvalue weighted by Crippen LogP contribution is -2.30. The van der Waals surface area contributed by atoms with Crippen LogP contribution in [0.25, 0.3) is 0 Å². The largest absolute Gasteiger partial charge is 0.465 e. The standard InChI is InChI=1S/C49H95NO6/c1-4-7-10-23-34-45(32-8-5-2)43-55-48(53)38-27-20-13-11-18-25-36-47(50-40-29-31-42-52)37-26-19-12-14-21-28-39-49(54)56-44-46(33-9-6-3)35-24-17-15-16-22-30-41-51/h41,45-47,50,52H,4-40,42-44H2,1-3H3. The summed E-state index contributed by atoms with van der Waals surface area (Å²) in [7, 11) is 0. The molecule has 0 radical (unpaired) electrons. The molecule has 7 heteroatoms. The van der Waals surface area contributed by atoms with Crippen molar-refractivity contribution in [2.24, 2.45) is 11.8 Å². The fraction of sp³-hybridized carbons (Fsp3) is 0.939. The van der Waals surface area contributed by atoms with Crippen molar-refractivity contribution in [2.75, 3.05) is 26.4 Å². The van der Waals surface area contributed by atoms with Gasteiger partial charge in [0.05, 0.1) is 13.2 Å². The van der Waals surface area contributed by atoms with Crippen LogP contribution in [0.15, 0.2) is 0 Å². The second kappa shape index (κ2) is 44.6. The van der Waals surface area contributed by atoms with Gasteiger partial charge in [-0.15, -0.1) is 0 Å². The molecule has 7 nitrogen and oxygen atoms in total. The molecule has 0 rings (SSSR count). The number of rotatable bonds is 46. The Balaban J connectivity index is 4.10. The van der Waals surface area contributed by atoms with Gasteiger partial charge in [0.15, 0.2) is 0 Å². The summed E-state index contributed by atoms with van der Waals surface area (Å²) in [5, 5.41) is 13.0. The lowest BCUT2D eigenvalue weighted by Gasteiger charge is -2.19. The Morgan fingerprint density at radius 2 is 0.875 bits per heavy atom. The van der Waals surface area contributed by atoms with E-state index in [-0.39, 0.29) is 18.5 Å². The molecule has 0 aromatic heterocycles. The number of esters is 2. The van der Waals surface area contributed by atoms with Gasteiger partial charge in [-0.25, -0.2) is 0 Å². The Kier molecular flexibility index (Phi) is 43.5. The lowest BCUT2D eigenvalue weighted by molar-refractivity contribution is -0.146. The fourth-order valence-electron chi connectivity index (χ4n) is 7.85. The molecule has 0 aromatic rings. The predicted octanol–water partition coefficient (Wildman–Crippen LogP) is 13.6. The number of aliphatic hydroxyl groups is 1. The van der Waals surface area contributed by atoms with Gasteiger partial charge in [0.25, 0.3) is 0 Å². The van der Waals surface area contributed by atoms with Crippen LogP contribution in [0.2, 0.25) is 0 Å². The zero-order chi connectivity index (χ0) is 41.0. The molecule has 0 fully saturated rings. The Labute approximate surface area is 347 Å². The molecule has 0 saturated heterocycles. The van der Waals surface area contributed by atoms with Crippen molar-refractivity contribution in [3.05, 3.63) is 0 Å². The van der Waals surface area contributed by atoms with Gasteiger partial charge in [-0.1, -0.05) is 162 Å². The second-order valence-electron chi connectivity index (χ2n) is 17.1. The topological polar surface area (TPSA) is 102 Å². The van der Waals surface area contributed by atoms with Gasteiger partial charge in [-0.2, -0.15) is 0 Å². The number of carbonyl (C=O) groups is 3. The molecule has 0 bridgehead atoms. The first kappa shape index (κ1) is 54.5. The van der Waals surface area contributed by atoms with Crippen LogP contribution in [-0.4, -0.2) is 55.7 Å². The molecular formula is C49H95NO6. The minimum atomic E-state index is -0.0231. The molecule has 0 aliphatic carbocycles. The molecule has 3 unspecified atom stereocenters. The van der Waals surface area contributed by atoms with E-state index >= 15 is 0 Å². The van der Waals surface area contributed by atoms with Crippen LogP contribution in [0, 0.1) is 11.8 Å². The van der Waals surface area contributed by atoms with Gasteiger partial charge >= 0.3 is 11.9 Å². The predicted molar refractivity (Wildman–Crippen MR) is 237 cm³/mol. The third-order valence-electron chi connectivity index (χ3n) is 11.7. The minimum Gasteiger partial charge on any atom is -0.465 e. The van der Waals surface area contributed by atoms with E-state index in [0.717, 1.165) is 77.0 Å². The Morgan fingerprint density at radius 1 is 0.482 bits per heavy atom. The summed E-state index contributed by atoms with van der Waals surface area (Å²) in [6.07, 6.45) is 41.4. The monoisotopic (exact) mass is 794 g/mol. The molecular weight excluding hydrogens is 699 g/mol. The third-order valence-corrected chi connectivity index (χ3v) is 11.7. The van der Waals surface area contributed by atoms with Gasteiger partial charge in [0.2, 0.25) is 0 Å². The van der Waals surface area contributed by atoms with Crippen LogP contribution < -0.4 is 5.32 Å². The van der Waals surface area contributed by atoms with Crippen molar-refractivity contribution in [2.45, 2.75) is 258 Å². The summed E-state index contributed by atoms with van der Waals surface area (Å²) in [5.41, 5.74) is 0. The maximum atomic E-state index is 12.4. The number of aldehydes is 1. The average molecular weight is 794 g/mol. The van der Waals surface area contributed by atoms with Crippen LogP contribution in [0.4, 0.5) is 0 Å². The van der Waals surface area contributed by atoms with Gasteiger partial charge < -0.3 is 24.7 Å². The summed E-state index contributed by atoms with van der Waals surface area (Å²) in [5.74, 6) is 0.998. The number of hydrogen-bond acceptors (Lipinski definition) is 7. The zero-order valence-electron chi connectivity index (χ0n) is 37.6. The first-order valence-corrected chi connectivity index (χ1v) is 24.6. The van der Waals surface area contributed by atoms with E-state index in [1.165, 1.54) is 148 Å². The third kappa shape index (κ3) is 39.4. The van der Waals surface area contributed by atoms with Crippen LogP contribution in [0.5, 0.6) is 0 Å². The molecule has 0 heterocycles. The molecule has 0 aliphatic rings. The molecule has 0 saturated carbocycles. The highest BCUT2D eigenvalue weighted by molar-refractivity contribution is 5.69. The highest BCUT2D eigenvalue weighted by Gasteiger charge is 2.14. The van der Waals surface area contributed by atoms with E-state index in [4.69, 9.17) is 9.47 Å². The first-order valence-electron chi connectivity index (χ1n) is 24.6. The molecule has 0 amide bonds. The summed E-state index contributed by atoms with van der Waals surface area (Å²) < 4.78 is 11.4. The molecule has 0 aliphatic heterocycles. The van der Waals surface area contributed by atoms with Crippen LogP contribution in [-0.2, 0) is 23.9 Å². The number of carbonyl (C=O) groups excluding carboxylic acids is 3. The number of unbranched alkanes of at least 4 members (excludes halogenated alkanes) is 21. The van der Waals surface area contributed by atoms with Gasteiger partial charge in [-0.3, -0.25) is 9.59 Å². The second-order valence-corrected chi connectivity index (χ2v) is 17.1. The number of hydrogen-bond donors (Lipinski definition) is 2. The summed E-state index contributed by atoms with van der Waals surface area (Å²) >= 11 is 0. The summed E-state index contributed by atoms with van der Waals surface area (Å²) in [4.78, 5) is 35.3. The smallest absolute Gasteiger partial charge is 0.305 e. The highest BCUT2D eigenvalue weighted by atomic mass is 16.5. The molecule has 0 spiro atoms. The van der Waals surface area contributed by atoms with E-state index < -0.39 is 0 Å². The van der Waals surface area contributed by atoms with Crippen molar-refractivity contribution in [3.8, 4) is 0 Å². The quantitative estimate of drug-likeness (QED) is 0.0359. The van der Waals surface area contributed by atoms with Crippen LogP contribution >= 0.6 is 0 Å².